The Hall–Kier alpha value is -1.09. The molecule has 0 bridgehead atoms. The zero-order valence-corrected chi connectivity index (χ0v) is 10.5. The van der Waals surface area contributed by atoms with Crippen LogP contribution in [0.1, 0.15) is 5.56 Å². The van der Waals surface area contributed by atoms with Crippen molar-refractivity contribution in [2.45, 2.75) is 31.6 Å². The molecule has 1 unspecified atom stereocenters. The molecule has 0 saturated carbocycles. The highest BCUT2D eigenvalue weighted by molar-refractivity contribution is 6.80. The molecule has 15 heavy (non-hydrogen) atoms. The Labute approximate surface area is 92.0 Å². The molecule has 1 aromatic carbocycles. The van der Waals surface area contributed by atoms with E-state index in [-0.39, 0.29) is 5.54 Å². The number of hydrogen-bond acceptors (Lipinski definition) is 1. The molecule has 0 saturated heterocycles. The number of hydrogen-bond donors (Lipinski definition) is 1. The molecule has 0 amide bonds. The van der Waals surface area contributed by atoms with Crippen molar-refractivity contribution in [3.8, 4) is 0 Å². The van der Waals surface area contributed by atoms with Crippen LogP contribution >= 0.6 is 0 Å². The van der Waals surface area contributed by atoms with Crippen molar-refractivity contribution in [1.82, 2.24) is 0 Å². The molecular weight excluding hydrogens is 204 g/mol. The Morgan fingerprint density at radius 2 is 1.80 bits per heavy atom. The van der Waals surface area contributed by atoms with Crippen LogP contribution in [0.4, 0.5) is 0 Å². The Morgan fingerprint density at radius 3 is 2.20 bits per heavy atom. The van der Waals surface area contributed by atoms with E-state index in [9.17, 15) is 9.90 Å². The molecule has 3 heteroatoms. The number of rotatable bonds is 4. The minimum atomic E-state index is -1.63. The number of aliphatic carboxylic acids is 1. The maximum absolute atomic E-state index is 11.2. The molecule has 0 heterocycles. The van der Waals surface area contributed by atoms with Crippen molar-refractivity contribution in [3.63, 3.8) is 0 Å². The van der Waals surface area contributed by atoms with Crippen LogP contribution < -0.4 is 0 Å². The maximum atomic E-state index is 11.2. The fraction of sp³-hybridized carbons (Fsp3) is 0.417. The van der Waals surface area contributed by atoms with Gasteiger partial charge in [0.25, 0.3) is 0 Å². The first-order valence-corrected chi connectivity index (χ1v) is 8.75. The van der Waals surface area contributed by atoms with Gasteiger partial charge in [-0.2, -0.15) is 0 Å². The van der Waals surface area contributed by atoms with Gasteiger partial charge in [-0.1, -0.05) is 50.0 Å². The van der Waals surface area contributed by atoms with Crippen LogP contribution in [0.25, 0.3) is 0 Å². The van der Waals surface area contributed by atoms with Gasteiger partial charge >= 0.3 is 5.97 Å². The molecule has 0 spiro atoms. The van der Waals surface area contributed by atoms with Crippen molar-refractivity contribution < 1.29 is 9.90 Å². The van der Waals surface area contributed by atoms with E-state index in [4.69, 9.17) is 0 Å². The Kier molecular flexibility index (Phi) is 3.69. The quantitative estimate of drug-likeness (QED) is 0.795. The molecule has 0 fully saturated rings. The molecule has 0 aliphatic carbocycles. The largest absolute Gasteiger partial charge is 0.481 e. The van der Waals surface area contributed by atoms with E-state index in [0.29, 0.717) is 6.42 Å². The number of carboxylic acid groups (broad SMARTS) is 1. The first-order chi connectivity index (χ1) is 6.91. The molecule has 82 valence electrons. The van der Waals surface area contributed by atoms with Crippen LogP contribution in [0.3, 0.4) is 0 Å². The summed E-state index contributed by atoms with van der Waals surface area (Å²) in [5.41, 5.74) is 0.923. The number of carboxylic acids is 1. The predicted octanol–water partition coefficient (Wildman–Crippen LogP) is 3.02. The van der Waals surface area contributed by atoms with Gasteiger partial charge in [-0.3, -0.25) is 4.79 Å². The van der Waals surface area contributed by atoms with Crippen LogP contribution in [-0.2, 0) is 11.2 Å². The van der Waals surface area contributed by atoms with E-state index in [0.717, 1.165) is 5.56 Å². The van der Waals surface area contributed by atoms with Gasteiger partial charge in [0.1, 0.15) is 0 Å². The van der Waals surface area contributed by atoms with E-state index < -0.39 is 14.0 Å². The van der Waals surface area contributed by atoms with Crippen molar-refractivity contribution in [1.29, 1.82) is 0 Å². The van der Waals surface area contributed by atoms with Crippen LogP contribution in [0.15, 0.2) is 30.3 Å². The van der Waals surface area contributed by atoms with Crippen LogP contribution in [-0.4, -0.2) is 19.1 Å². The van der Waals surface area contributed by atoms with Crippen molar-refractivity contribution >= 4 is 14.0 Å². The molecule has 0 aromatic heterocycles. The highest BCUT2D eigenvalue weighted by Gasteiger charge is 2.32. The second-order valence-electron chi connectivity index (χ2n) is 4.95. The van der Waals surface area contributed by atoms with Gasteiger partial charge in [0, 0.05) is 0 Å². The molecule has 2 nitrogen and oxygen atoms in total. The van der Waals surface area contributed by atoms with Crippen molar-refractivity contribution in [2.24, 2.45) is 0 Å². The van der Waals surface area contributed by atoms with Gasteiger partial charge in [-0.15, -0.1) is 0 Å². The fourth-order valence-electron chi connectivity index (χ4n) is 1.61. The number of carbonyl (C=O) groups is 1. The van der Waals surface area contributed by atoms with Gasteiger partial charge < -0.3 is 5.11 Å². The highest BCUT2D eigenvalue weighted by atomic mass is 28.3. The minimum Gasteiger partial charge on any atom is -0.481 e. The smallest absolute Gasteiger partial charge is 0.304 e. The van der Waals surface area contributed by atoms with Gasteiger partial charge in [0.2, 0.25) is 0 Å². The summed E-state index contributed by atoms with van der Waals surface area (Å²) in [6.45, 7) is 6.32. The summed E-state index contributed by atoms with van der Waals surface area (Å²) in [6, 6.07) is 9.86. The predicted molar refractivity (Wildman–Crippen MR) is 64.9 cm³/mol. The second-order valence-corrected chi connectivity index (χ2v) is 10.4. The van der Waals surface area contributed by atoms with Gasteiger partial charge in [0.05, 0.1) is 13.6 Å². The summed E-state index contributed by atoms with van der Waals surface area (Å²) in [6.07, 6.45) is 0.659. The molecular formula is C12H18O2Si. The van der Waals surface area contributed by atoms with Gasteiger partial charge in [0.15, 0.2) is 0 Å². The lowest BCUT2D eigenvalue weighted by Crippen LogP contribution is -2.35. The zero-order chi connectivity index (χ0) is 11.5. The first kappa shape index (κ1) is 12.0. The summed E-state index contributed by atoms with van der Waals surface area (Å²) >= 11 is 0. The van der Waals surface area contributed by atoms with E-state index >= 15 is 0 Å². The third-order valence-corrected chi connectivity index (χ3v) is 5.17. The van der Waals surface area contributed by atoms with E-state index in [1.54, 1.807) is 0 Å². The average Bonchev–Trinajstić information content (AvgIpc) is 2.13. The topological polar surface area (TPSA) is 37.3 Å². The molecule has 1 aromatic rings. The molecule has 0 radical (unpaired) electrons. The fourth-order valence-corrected chi connectivity index (χ4v) is 3.20. The summed E-state index contributed by atoms with van der Waals surface area (Å²) in [4.78, 5) is 11.2. The molecule has 1 rings (SSSR count). The standard InChI is InChI=1S/C12H18O2Si/c1-15(2,3)11(12(13)14)9-10-7-5-4-6-8-10/h4-8,11H,9H2,1-3H3,(H,13,14). The lowest BCUT2D eigenvalue weighted by atomic mass is 10.1. The van der Waals surface area contributed by atoms with E-state index in [1.165, 1.54) is 0 Å². The molecule has 1 atom stereocenters. The summed E-state index contributed by atoms with van der Waals surface area (Å²) in [5, 5.41) is 9.20. The Balaban J connectivity index is 2.82. The average molecular weight is 222 g/mol. The SMILES string of the molecule is C[Si](C)(C)C(Cc1ccccc1)C(=O)O. The Bertz CT molecular complexity index is 327. The van der Waals surface area contributed by atoms with Crippen LogP contribution in [0.5, 0.6) is 0 Å². The molecule has 0 aliphatic rings. The monoisotopic (exact) mass is 222 g/mol. The summed E-state index contributed by atoms with van der Waals surface area (Å²) < 4.78 is 0. The van der Waals surface area contributed by atoms with Crippen molar-refractivity contribution in [3.05, 3.63) is 35.9 Å². The minimum absolute atomic E-state index is 0.195. The lowest BCUT2D eigenvalue weighted by Gasteiger charge is -2.25. The normalized spacial score (nSPS) is 13.5. The second kappa shape index (κ2) is 4.62. The zero-order valence-electron chi connectivity index (χ0n) is 9.53. The molecule has 1 N–H and O–H groups in total. The third-order valence-electron chi connectivity index (χ3n) is 2.63. The summed E-state index contributed by atoms with van der Waals surface area (Å²) in [7, 11) is -1.63. The summed E-state index contributed by atoms with van der Waals surface area (Å²) in [5.74, 6) is -0.655. The van der Waals surface area contributed by atoms with Gasteiger partial charge in [-0.05, 0) is 12.0 Å². The Morgan fingerprint density at radius 1 is 1.27 bits per heavy atom. The van der Waals surface area contributed by atoms with Crippen LogP contribution in [0.2, 0.25) is 25.2 Å². The molecule has 0 aliphatic heterocycles. The first-order valence-electron chi connectivity index (χ1n) is 5.18. The highest BCUT2D eigenvalue weighted by Crippen LogP contribution is 2.26. The third kappa shape index (κ3) is 3.51. The van der Waals surface area contributed by atoms with E-state index in [1.807, 2.05) is 30.3 Å². The van der Waals surface area contributed by atoms with Crippen molar-refractivity contribution in [2.75, 3.05) is 0 Å². The maximum Gasteiger partial charge on any atom is 0.304 e. The van der Waals surface area contributed by atoms with E-state index in [2.05, 4.69) is 19.6 Å². The number of benzene rings is 1. The van der Waals surface area contributed by atoms with Crippen LogP contribution in [0, 0.1) is 0 Å². The van der Waals surface area contributed by atoms with Gasteiger partial charge in [-0.25, -0.2) is 0 Å². The lowest BCUT2D eigenvalue weighted by molar-refractivity contribution is -0.137.